The monoisotopic (exact) mass is 396 g/mol. The maximum Gasteiger partial charge on any atom is 0.334 e. The number of carbonyl (C=O) groups is 1. The maximum atomic E-state index is 11.1. The number of esters is 1. The van der Waals surface area contributed by atoms with Gasteiger partial charge in [-0.15, -0.1) is 0 Å². The summed E-state index contributed by atoms with van der Waals surface area (Å²) in [5, 5.41) is 9.49. The minimum absolute atomic E-state index is 0.506. The van der Waals surface area contributed by atoms with Gasteiger partial charge in [0.2, 0.25) is 0 Å². The number of ether oxygens (including phenoxy) is 1. The van der Waals surface area contributed by atoms with E-state index < -0.39 is 12.1 Å². The van der Waals surface area contributed by atoms with Crippen molar-refractivity contribution < 1.29 is 14.6 Å². The van der Waals surface area contributed by atoms with Gasteiger partial charge in [-0.05, 0) is 32.1 Å². The van der Waals surface area contributed by atoms with Crippen molar-refractivity contribution in [2.75, 3.05) is 7.11 Å². The predicted octanol–water partition coefficient (Wildman–Crippen LogP) is 7.51. The first kappa shape index (κ1) is 27.2. The molecule has 3 heteroatoms. The first-order valence-corrected chi connectivity index (χ1v) is 12.1. The Morgan fingerprint density at radius 1 is 0.714 bits per heavy atom. The molecular formula is C25H48O3. The number of rotatable bonds is 21. The van der Waals surface area contributed by atoms with E-state index >= 15 is 0 Å². The van der Waals surface area contributed by atoms with Crippen LogP contribution in [0.2, 0.25) is 0 Å². The molecule has 0 aromatic heterocycles. The molecule has 1 atom stereocenters. The molecule has 0 fully saturated rings. The van der Waals surface area contributed by atoms with Crippen molar-refractivity contribution in [1.82, 2.24) is 0 Å². The van der Waals surface area contributed by atoms with Crippen LogP contribution in [0.25, 0.3) is 0 Å². The molecule has 0 bridgehead atoms. The first-order chi connectivity index (χ1) is 13.7. The largest absolute Gasteiger partial charge is 0.467 e. The summed E-state index contributed by atoms with van der Waals surface area (Å²) in [5.74, 6) is -0.506. The van der Waals surface area contributed by atoms with Gasteiger partial charge >= 0.3 is 5.97 Å². The molecule has 0 aliphatic carbocycles. The molecule has 0 aliphatic rings. The maximum absolute atomic E-state index is 11.1. The molecule has 0 aliphatic heterocycles. The van der Waals surface area contributed by atoms with Crippen LogP contribution in [0.15, 0.2) is 12.2 Å². The van der Waals surface area contributed by atoms with Gasteiger partial charge < -0.3 is 9.84 Å². The number of aliphatic hydroxyl groups excluding tert-OH is 1. The molecule has 0 aromatic rings. The molecule has 0 radical (unpaired) electrons. The van der Waals surface area contributed by atoms with Crippen molar-refractivity contribution in [3.05, 3.63) is 12.2 Å². The molecule has 3 nitrogen and oxygen atoms in total. The van der Waals surface area contributed by atoms with Crippen LogP contribution in [0.1, 0.15) is 129 Å². The quantitative estimate of drug-likeness (QED) is 0.124. The molecule has 0 aromatic carbocycles. The van der Waals surface area contributed by atoms with Crippen LogP contribution in [-0.4, -0.2) is 24.3 Å². The van der Waals surface area contributed by atoms with E-state index in [0.717, 1.165) is 12.8 Å². The van der Waals surface area contributed by atoms with E-state index in [1.807, 2.05) is 0 Å². The summed E-state index contributed by atoms with van der Waals surface area (Å²) in [6, 6.07) is 0. The number of allylic oxidation sites excluding steroid dienone is 2. The Kier molecular flexibility index (Phi) is 21.8. The van der Waals surface area contributed by atoms with E-state index in [-0.39, 0.29) is 0 Å². The highest BCUT2D eigenvalue weighted by Gasteiger charge is 2.13. The van der Waals surface area contributed by atoms with Gasteiger partial charge in [-0.1, -0.05) is 109 Å². The van der Waals surface area contributed by atoms with Gasteiger partial charge in [0, 0.05) is 0 Å². The fourth-order valence-electron chi connectivity index (χ4n) is 3.55. The van der Waals surface area contributed by atoms with E-state index in [2.05, 4.69) is 23.8 Å². The fraction of sp³-hybridized carbons (Fsp3) is 0.880. The second-order valence-corrected chi connectivity index (χ2v) is 8.18. The highest BCUT2D eigenvalue weighted by atomic mass is 16.5. The van der Waals surface area contributed by atoms with E-state index in [4.69, 9.17) is 0 Å². The summed E-state index contributed by atoms with van der Waals surface area (Å²) in [6.45, 7) is 2.27. The van der Waals surface area contributed by atoms with Crippen molar-refractivity contribution in [3.8, 4) is 0 Å². The van der Waals surface area contributed by atoms with Gasteiger partial charge in [-0.25, -0.2) is 4.79 Å². The topological polar surface area (TPSA) is 46.5 Å². The zero-order valence-electron chi connectivity index (χ0n) is 18.9. The highest BCUT2D eigenvalue weighted by molar-refractivity contribution is 5.74. The van der Waals surface area contributed by atoms with Gasteiger partial charge in [-0.2, -0.15) is 0 Å². The second kappa shape index (κ2) is 22.5. The standard InChI is InChI=1S/C25H48O3/c1-3-4-5-6-7-8-9-10-11-12-13-14-15-16-17-18-19-20-21-22-23-24(26)25(27)28-2/h10-11,24,26H,3-9,12-23H2,1-2H3/b11-10-. The number of aliphatic hydroxyl groups is 1. The van der Waals surface area contributed by atoms with Gasteiger partial charge in [0.1, 0.15) is 0 Å². The number of methoxy groups -OCH3 is 1. The molecule has 1 unspecified atom stereocenters. The molecule has 0 saturated heterocycles. The Morgan fingerprint density at radius 3 is 1.54 bits per heavy atom. The fourth-order valence-corrected chi connectivity index (χ4v) is 3.55. The molecule has 0 spiro atoms. The first-order valence-electron chi connectivity index (χ1n) is 12.1. The van der Waals surface area contributed by atoms with E-state index in [9.17, 15) is 9.90 Å². The summed E-state index contributed by atoms with van der Waals surface area (Å²) < 4.78 is 4.51. The number of hydrogen-bond donors (Lipinski definition) is 1. The van der Waals surface area contributed by atoms with Gasteiger partial charge in [0.05, 0.1) is 7.11 Å². The van der Waals surface area contributed by atoms with Crippen LogP contribution < -0.4 is 0 Å². The zero-order valence-corrected chi connectivity index (χ0v) is 18.9. The molecule has 1 N–H and O–H groups in total. The number of carbonyl (C=O) groups excluding carboxylic acids is 1. The van der Waals surface area contributed by atoms with Crippen molar-refractivity contribution >= 4 is 5.97 Å². The van der Waals surface area contributed by atoms with E-state index in [1.54, 1.807) is 0 Å². The van der Waals surface area contributed by atoms with Crippen LogP contribution in [-0.2, 0) is 9.53 Å². The Morgan fingerprint density at radius 2 is 1.11 bits per heavy atom. The minimum atomic E-state index is -0.935. The second-order valence-electron chi connectivity index (χ2n) is 8.18. The minimum Gasteiger partial charge on any atom is -0.467 e. The van der Waals surface area contributed by atoms with Crippen LogP contribution >= 0.6 is 0 Å². The van der Waals surface area contributed by atoms with Gasteiger partial charge in [-0.3, -0.25) is 0 Å². The molecule has 0 amide bonds. The molecule has 0 heterocycles. The summed E-state index contributed by atoms with van der Waals surface area (Å²) in [6.07, 6.45) is 27.8. The Bertz CT molecular complexity index is 352. The lowest BCUT2D eigenvalue weighted by Gasteiger charge is -2.07. The lowest BCUT2D eigenvalue weighted by molar-refractivity contribution is -0.150. The zero-order chi connectivity index (χ0) is 20.7. The lowest BCUT2D eigenvalue weighted by Crippen LogP contribution is -2.21. The number of unbranched alkanes of at least 4 members (excludes halogenated alkanes) is 16. The normalized spacial score (nSPS) is 12.5. The van der Waals surface area contributed by atoms with Crippen molar-refractivity contribution in [2.45, 2.75) is 135 Å². The van der Waals surface area contributed by atoms with E-state index in [0.29, 0.717) is 6.42 Å². The van der Waals surface area contributed by atoms with Crippen LogP contribution in [0.5, 0.6) is 0 Å². The smallest absolute Gasteiger partial charge is 0.334 e. The Balaban J connectivity index is 3.15. The summed E-state index contributed by atoms with van der Waals surface area (Å²) in [5.41, 5.74) is 0. The third kappa shape index (κ3) is 19.9. The third-order valence-corrected chi connectivity index (χ3v) is 5.46. The van der Waals surface area contributed by atoms with Crippen molar-refractivity contribution in [2.24, 2.45) is 0 Å². The third-order valence-electron chi connectivity index (χ3n) is 5.46. The molecule has 0 rings (SSSR count). The molecule has 28 heavy (non-hydrogen) atoms. The summed E-state index contributed by atoms with van der Waals surface area (Å²) >= 11 is 0. The van der Waals surface area contributed by atoms with Crippen molar-refractivity contribution in [3.63, 3.8) is 0 Å². The van der Waals surface area contributed by atoms with Crippen molar-refractivity contribution in [1.29, 1.82) is 0 Å². The van der Waals surface area contributed by atoms with Crippen LogP contribution in [0.4, 0.5) is 0 Å². The van der Waals surface area contributed by atoms with Gasteiger partial charge in [0.25, 0.3) is 0 Å². The average Bonchev–Trinajstić information content (AvgIpc) is 2.71. The molecule has 166 valence electrons. The van der Waals surface area contributed by atoms with Crippen LogP contribution in [0.3, 0.4) is 0 Å². The summed E-state index contributed by atoms with van der Waals surface area (Å²) in [7, 11) is 1.32. The number of hydrogen-bond acceptors (Lipinski definition) is 3. The van der Waals surface area contributed by atoms with Crippen LogP contribution in [0, 0.1) is 0 Å². The predicted molar refractivity (Wildman–Crippen MR) is 121 cm³/mol. The average molecular weight is 397 g/mol. The van der Waals surface area contributed by atoms with E-state index in [1.165, 1.54) is 110 Å². The lowest BCUT2D eigenvalue weighted by atomic mass is 10.0. The molecular weight excluding hydrogens is 348 g/mol. The Labute approximate surface area is 175 Å². The molecule has 0 saturated carbocycles. The van der Waals surface area contributed by atoms with Gasteiger partial charge in [0.15, 0.2) is 6.10 Å². The summed E-state index contributed by atoms with van der Waals surface area (Å²) in [4.78, 5) is 11.1. The SMILES string of the molecule is CCCCCCCC/C=C\CCCCCCCCCCCCC(O)C(=O)OC. The Hall–Kier alpha value is -0.830. The highest BCUT2D eigenvalue weighted by Crippen LogP contribution is 2.13.